The zero-order valence-corrected chi connectivity index (χ0v) is 16.3. The number of H-pyrrole nitrogens is 1. The van der Waals surface area contributed by atoms with Crippen LogP contribution in [-0.4, -0.2) is 64.8 Å². The maximum absolute atomic E-state index is 12.6. The lowest BCUT2D eigenvalue weighted by Gasteiger charge is -2.35. The Balaban J connectivity index is 1.45. The number of carbonyl (C=O) groups excluding carboxylic acids is 1. The lowest BCUT2D eigenvalue weighted by Crippen LogP contribution is -2.46. The van der Waals surface area contributed by atoms with Crippen LogP contribution < -0.4 is 10.2 Å². The van der Waals surface area contributed by atoms with Crippen molar-refractivity contribution in [2.75, 3.05) is 42.9 Å². The van der Waals surface area contributed by atoms with Gasteiger partial charge in [-0.2, -0.15) is 5.10 Å². The van der Waals surface area contributed by atoms with Crippen molar-refractivity contribution in [3.63, 3.8) is 0 Å². The van der Waals surface area contributed by atoms with E-state index in [2.05, 4.69) is 32.2 Å². The molecule has 146 valence electrons. The van der Waals surface area contributed by atoms with Gasteiger partial charge >= 0.3 is 5.97 Å². The molecule has 3 aromatic rings. The van der Waals surface area contributed by atoms with Crippen LogP contribution in [0.25, 0.3) is 10.2 Å². The first-order valence-electron chi connectivity index (χ1n) is 9.15. The highest BCUT2D eigenvalue weighted by molar-refractivity contribution is 7.21. The molecule has 1 aliphatic heterocycles. The summed E-state index contributed by atoms with van der Waals surface area (Å²) in [4.78, 5) is 28.6. The molecule has 0 bridgehead atoms. The quantitative estimate of drug-likeness (QED) is 0.610. The van der Waals surface area contributed by atoms with Gasteiger partial charge in [-0.25, -0.2) is 4.79 Å². The van der Waals surface area contributed by atoms with Gasteiger partial charge in [0.05, 0.1) is 10.2 Å². The highest BCUT2D eigenvalue weighted by Crippen LogP contribution is 2.30. The summed E-state index contributed by atoms with van der Waals surface area (Å²) in [6, 6.07) is 9.04. The number of aromatic carboxylic acids is 1. The van der Waals surface area contributed by atoms with Crippen molar-refractivity contribution in [1.29, 1.82) is 0 Å². The highest BCUT2D eigenvalue weighted by atomic mass is 32.1. The number of nitrogens with one attached hydrogen (secondary N) is 2. The smallest absolute Gasteiger partial charge is 0.345 e. The van der Waals surface area contributed by atoms with Crippen molar-refractivity contribution in [1.82, 2.24) is 15.1 Å². The fourth-order valence-electron chi connectivity index (χ4n) is 3.33. The highest BCUT2D eigenvalue weighted by Gasteiger charge is 2.18. The summed E-state index contributed by atoms with van der Waals surface area (Å²) in [5.41, 5.74) is 2.24. The largest absolute Gasteiger partial charge is 0.477 e. The Morgan fingerprint density at radius 2 is 1.93 bits per heavy atom. The van der Waals surface area contributed by atoms with Crippen molar-refractivity contribution >= 4 is 44.9 Å². The number of aromatic amines is 1. The molecular formula is C19H21N5O3S. The number of carbonyl (C=O) groups is 2. The van der Waals surface area contributed by atoms with Gasteiger partial charge in [-0.15, -0.1) is 11.3 Å². The summed E-state index contributed by atoms with van der Waals surface area (Å²) in [5.74, 6) is -0.930. The van der Waals surface area contributed by atoms with E-state index in [4.69, 9.17) is 5.11 Å². The predicted molar refractivity (Wildman–Crippen MR) is 110 cm³/mol. The van der Waals surface area contributed by atoms with E-state index in [0.717, 1.165) is 49.7 Å². The molecule has 0 radical (unpaired) electrons. The molecule has 1 aromatic carbocycles. The Bertz CT molecular complexity index is 1000. The van der Waals surface area contributed by atoms with E-state index < -0.39 is 5.97 Å². The number of anilines is 2. The van der Waals surface area contributed by atoms with Gasteiger partial charge in [0.1, 0.15) is 4.88 Å². The molecule has 3 N–H and O–H groups in total. The molecule has 1 amide bonds. The van der Waals surface area contributed by atoms with Gasteiger partial charge < -0.3 is 20.2 Å². The molecule has 1 fully saturated rings. The number of carboxylic acids is 1. The lowest BCUT2D eigenvalue weighted by atomic mass is 10.1. The Labute approximate surface area is 165 Å². The van der Waals surface area contributed by atoms with Crippen LogP contribution in [0.5, 0.6) is 0 Å². The number of hydrogen-bond acceptors (Lipinski definition) is 6. The third kappa shape index (κ3) is 3.58. The topological polar surface area (TPSA) is 102 Å². The lowest BCUT2D eigenvalue weighted by molar-refractivity contribution is 0.0702. The van der Waals surface area contributed by atoms with E-state index in [0.29, 0.717) is 21.6 Å². The fourth-order valence-corrected chi connectivity index (χ4v) is 4.22. The number of piperazine rings is 1. The standard InChI is InChI=1S/C19H21N5O3S/c1-2-23-7-9-24(10-8-23)13-5-3-12(4-6-13)18(25)20-17-16-14(21-22-17)11-15(28-16)19(26)27/h3-6,11H,2,7-10H2,1H3,(H,26,27)(H2,20,21,22,25). The van der Waals surface area contributed by atoms with Crippen LogP contribution in [0.3, 0.4) is 0 Å². The molecule has 0 saturated carbocycles. The molecule has 0 spiro atoms. The molecule has 3 heterocycles. The third-order valence-electron chi connectivity index (χ3n) is 4.99. The van der Waals surface area contributed by atoms with Crippen LogP contribution in [0.2, 0.25) is 0 Å². The number of aromatic nitrogens is 2. The van der Waals surface area contributed by atoms with Crippen LogP contribution >= 0.6 is 11.3 Å². The first-order valence-corrected chi connectivity index (χ1v) is 9.96. The minimum atomic E-state index is -0.998. The van der Waals surface area contributed by atoms with Crippen LogP contribution in [0.15, 0.2) is 30.3 Å². The molecule has 1 saturated heterocycles. The zero-order chi connectivity index (χ0) is 19.7. The molecule has 2 aromatic heterocycles. The minimum Gasteiger partial charge on any atom is -0.477 e. The normalized spacial score (nSPS) is 15.1. The second-order valence-electron chi connectivity index (χ2n) is 6.65. The van der Waals surface area contributed by atoms with Gasteiger partial charge in [-0.1, -0.05) is 6.92 Å². The van der Waals surface area contributed by atoms with E-state index >= 15 is 0 Å². The second kappa shape index (κ2) is 7.61. The van der Waals surface area contributed by atoms with E-state index in [-0.39, 0.29) is 10.8 Å². The van der Waals surface area contributed by atoms with Crippen molar-refractivity contribution in [2.45, 2.75) is 6.92 Å². The molecule has 0 atom stereocenters. The summed E-state index contributed by atoms with van der Waals surface area (Å²) in [5, 5.41) is 18.7. The Morgan fingerprint density at radius 3 is 2.57 bits per heavy atom. The van der Waals surface area contributed by atoms with Crippen molar-refractivity contribution in [3.8, 4) is 0 Å². The van der Waals surface area contributed by atoms with Crippen molar-refractivity contribution in [2.24, 2.45) is 0 Å². The minimum absolute atomic E-state index is 0.201. The summed E-state index contributed by atoms with van der Waals surface area (Å²) >= 11 is 1.08. The van der Waals surface area contributed by atoms with Crippen LogP contribution in [-0.2, 0) is 0 Å². The number of thiophene rings is 1. The van der Waals surface area contributed by atoms with E-state index in [1.165, 1.54) is 6.07 Å². The molecular weight excluding hydrogens is 378 g/mol. The van der Waals surface area contributed by atoms with E-state index in [1.807, 2.05) is 12.1 Å². The Hall–Kier alpha value is -2.91. The average molecular weight is 399 g/mol. The molecule has 1 aliphatic rings. The van der Waals surface area contributed by atoms with Gasteiger partial charge in [-0.05, 0) is 36.9 Å². The summed E-state index contributed by atoms with van der Waals surface area (Å²) < 4.78 is 0.621. The molecule has 9 heteroatoms. The molecule has 0 unspecified atom stereocenters. The summed E-state index contributed by atoms with van der Waals surface area (Å²) in [6.07, 6.45) is 0. The van der Waals surface area contributed by atoms with Gasteiger partial charge in [0.15, 0.2) is 5.82 Å². The number of fused-ring (bicyclic) bond motifs is 1. The number of benzene rings is 1. The van der Waals surface area contributed by atoms with E-state index in [9.17, 15) is 9.59 Å². The Morgan fingerprint density at radius 1 is 1.21 bits per heavy atom. The fraction of sp³-hybridized carbons (Fsp3) is 0.316. The number of nitrogens with zero attached hydrogens (tertiary/aromatic N) is 3. The predicted octanol–water partition coefficient (Wildman–Crippen LogP) is 2.72. The Kier molecular flexibility index (Phi) is 5.01. The van der Waals surface area contributed by atoms with E-state index in [1.54, 1.807) is 12.1 Å². The molecule has 0 aliphatic carbocycles. The first-order chi connectivity index (χ1) is 13.5. The molecule has 8 nitrogen and oxygen atoms in total. The van der Waals surface area contributed by atoms with Crippen LogP contribution in [0.4, 0.5) is 11.5 Å². The summed E-state index contributed by atoms with van der Waals surface area (Å²) in [7, 11) is 0. The first kappa shape index (κ1) is 18.5. The number of likely N-dealkylation sites (N-methyl/N-ethyl adjacent to an activating group) is 1. The molecule has 4 rings (SSSR count). The second-order valence-corrected chi connectivity index (χ2v) is 7.71. The van der Waals surface area contributed by atoms with Crippen LogP contribution in [0, 0.1) is 0 Å². The van der Waals surface area contributed by atoms with Gasteiger partial charge in [0.25, 0.3) is 5.91 Å². The van der Waals surface area contributed by atoms with Gasteiger partial charge in [0, 0.05) is 37.4 Å². The number of rotatable bonds is 5. The number of amides is 1. The average Bonchev–Trinajstić information content (AvgIpc) is 3.30. The van der Waals surface area contributed by atoms with Gasteiger partial charge in [0.2, 0.25) is 0 Å². The van der Waals surface area contributed by atoms with Crippen molar-refractivity contribution < 1.29 is 14.7 Å². The summed E-state index contributed by atoms with van der Waals surface area (Å²) in [6.45, 7) is 7.31. The number of hydrogen-bond donors (Lipinski definition) is 3. The maximum Gasteiger partial charge on any atom is 0.345 e. The SMILES string of the molecule is CCN1CCN(c2ccc(C(=O)Nc3n[nH]c4cc(C(=O)O)sc34)cc2)CC1. The number of carboxylic acid groups (broad SMARTS) is 1. The van der Waals surface area contributed by atoms with Crippen LogP contribution in [0.1, 0.15) is 27.0 Å². The van der Waals surface area contributed by atoms with Crippen molar-refractivity contribution in [3.05, 3.63) is 40.8 Å². The zero-order valence-electron chi connectivity index (χ0n) is 15.4. The van der Waals surface area contributed by atoms with Gasteiger partial charge in [-0.3, -0.25) is 9.89 Å². The maximum atomic E-state index is 12.6. The third-order valence-corrected chi connectivity index (χ3v) is 6.12. The molecule has 28 heavy (non-hydrogen) atoms. The monoisotopic (exact) mass is 399 g/mol.